The molecule has 2 amide bonds. The van der Waals surface area contributed by atoms with Crippen LogP contribution in [0.15, 0.2) is 30.3 Å². The first-order chi connectivity index (χ1) is 24.8. The van der Waals surface area contributed by atoms with Gasteiger partial charge in [-0.25, -0.2) is 4.68 Å². The molecule has 0 N–H and O–H groups in total. The molecule has 3 heterocycles. The predicted octanol–water partition coefficient (Wildman–Crippen LogP) is 6.03. The van der Waals surface area contributed by atoms with Gasteiger partial charge in [-0.2, -0.15) is 13.2 Å². The second-order valence-electron chi connectivity index (χ2n) is 13.5. The normalized spacial score (nSPS) is 21.9. The van der Waals surface area contributed by atoms with Crippen LogP contribution in [0.2, 0.25) is 5.02 Å². The van der Waals surface area contributed by atoms with Crippen LogP contribution in [0.25, 0.3) is 0 Å². The SMILES string of the molecule is COc1ccc(COC(=O)[C@@]2(C)CCCC[C@H]2C(=O)N2CCc3c(Cl)ccc(OCc4nnn(C)c4C(F)(F)F)c3C2N2CCCC2=O)c(OC)c1. The molecule has 3 atom stereocenters. The number of amides is 2. The Morgan fingerprint density at radius 2 is 1.81 bits per heavy atom. The van der Waals surface area contributed by atoms with E-state index in [1.54, 1.807) is 41.0 Å². The van der Waals surface area contributed by atoms with Crippen molar-refractivity contribution in [2.75, 3.05) is 27.3 Å². The van der Waals surface area contributed by atoms with Gasteiger partial charge in [0, 0.05) is 48.8 Å². The van der Waals surface area contributed by atoms with Gasteiger partial charge in [-0.3, -0.25) is 14.4 Å². The van der Waals surface area contributed by atoms with Crippen molar-refractivity contribution in [1.82, 2.24) is 24.8 Å². The second kappa shape index (κ2) is 14.8. The van der Waals surface area contributed by atoms with E-state index in [-0.39, 0.29) is 37.1 Å². The van der Waals surface area contributed by atoms with E-state index >= 15 is 0 Å². The lowest BCUT2D eigenvalue weighted by Gasteiger charge is -2.47. The van der Waals surface area contributed by atoms with Crippen LogP contribution < -0.4 is 14.2 Å². The van der Waals surface area contributed by atoms with Gasteiger partial charge in [-0.1, -0.05) is 29.7 Å². The Labute approximate surface area is 304 Å². The van der Waals surface area contributed by atoms with Crippen molar-refractivity contribution in [1.29, 1.82) is 0 Å². The van der Waals surface area contributed by atoms with Crippen molar-refractivity contribution in [2.24, 2.45) is 18.4 Å². The van der Waals surface area contributed by atoms with Crippen LogP contribution in [0, 0.1) is 11.3 Å². The summed E-state index contributed by atoms with van der Waals surface area (Å²) in [7, 11) is 4.19. The van der Waals surface area contributed by atoms with E-state index < -0.39 is 47.6 Å². The fourth-order valence-corrected chi connectivity index (χ4v) is 7.98. The standard InChI is InChI=1S/C36H41ClF3N5O7/c1-35(34(48)52-19-21-10-11-22(49-3)18-28(21)50-4)15-6-5-8-24(35)33(47)45-17-14-23-25(37)12-13-27(30(23)32(45)44-16-7-9-29(44)46)51-20-26-31(36(38,39)40)43(2)42-41-26/h10-13,18,24,32H,5-9,14-17,19-20H2,1-4H3/t24-,32?,35-/m0/s1. The second-order valence-corrected chi connectivity index (χ2v) is 14.0. The number of aryl methyl sites for hydroxylation is 1. The molecule has 1 saturated carbocycles. The minimum Gasteiger partial charge on any atom is -0.497 e. The molecule has 2 aliphatic heterocycles. The van der Waals surface area contributed by atoms with Gasteiger partial charge in [0.15, 0.2) is 5.69 Å². The maximum Gasteiger partial charge on any atom is 0.435 e. The quantitative estimate of drug-likeness (QED) is 0.229. The number of aromatic nitrogens is 3. The Balaban J connectivity index is 1.32. The molecule has 3 aromatic rings. The van der Waals surface area contributed by atoms with Crippen LogP contribution in [-0.2, 0) is 52.0 Å². The number of likely N-dealkylation sites (tertiary alicyclic amines) is 1. The number of carbonyl (C=O) groups excluding carboxylic acids is 3. The highest BCUT2D eigenvalue weighted by Gasteiger charge is 2.52. The minimum atomic E-state index is -4.72. The molecule has 0 radical (unpaired) electrons. The van der Waals surface area contributed by atoms with Gasteiger partial charge in [0.05, 0.1) is 25.6 Å². The number of benzene rings is 2. The summed E-state index contributed by atoms with van der Waals surface area (Å²) in [5, 5.41) is 7.59. The molecule has 1 aliphatic carbocycles. The molecule has 52 heavy (non-hydrogen) atoms. The third kappa shape index (κ3) is 6.98. The molecule has 16 heteroatoms. The number of hydrogen-bond donors (Lipinski definition) is 0. The van der Waals surface area contributed by atoms with Gasteiger partial charge in [0.2, 0.25) is 11.8 Å². The third-order valence-electron chi connectivity index (χ3n) is 10.5. The van der Waals surface area contributed by atoms with Crippen molar-refractivity contribution < 1.29 is 46.5 Å². The number of nitrogens with zero attached hydrogens (tertiary/aromatic N) is 5. The molecule has 6 rings (SSSR count). The Kier molecular flexibility index (Phi) is 10.6. The summed E-state index contributed by atoms with van der Waals surface area (Å²) in [6, 6.07) is 8.30. The number of fused-ring (bicyclic) bond motifs is 1. The van der Waals surface area contributed by atoms with E-state index in [4.69, 9.17) is 30.5 Å². The maximum atomic E-state index is 14.9. The van der Waals surface area contributed by atoms with Crippen LogP contribution in [-0.4, -0.2) is 69.9 Å². The molecule has 3 aliphatic rings. The van der Waals surface area contributed by atoms with Crippen molar-refractivity contribution in [3.05, 3.63) is 63.4 Å². The van der Waals surface area contributed by atoms with Crippen molar-refractivity contribution in [3.8, 4) is 17.2 Å². The average molecular weight is 748 g/mol. The molecule has 280 valence electrons. The molecule has 1 unspecified atom stereocenters. The maximum absolute atomic E-state index is 14.9. The number of ether oxygens (including phenoxy) is 4. The van der Waals surface area contributed by atoms with Crippen LogP contribution in [0.1, 0.15) is 79.7 Å². The third-order valence-corrected chi connectivity index (χ3v) is 10.8. The van der Waals surface area contributed by atoms with Gasteiger partial charge in [-0.05, 0) is 62.4 Å². The van der Waals surface area contributed by atoms with Crippen LogP contribution in [0.4, 0.5) is 13.2 Å². The van der Waals surface area contributed by atoms with Crippen LogP contribution >= 0.6 is 11.6 Å². The number of esters is 1. The molecule has 2 aromatic carbocycles. The summed E-state index contributed by atoms with van der Waals surface area (Å²) in [5.41, 5.74) is -0.962. The minimum absolute atomic E-state index is 0.0778. The number of methoxy groups -OCH3 is 2. The van der Waals surface area contributed by atoms with Gasteiger partial charge in [0.1, 0.15) is 42.3 Å². The Hall–Kier alpha value is -4.53. The Morgan fingerprint density at radius 3 is 2.50 bits per heavy atom. The fraction of sp³-hybridized carbons (Fsp3) is 0.528. The molecular formula is C36H41ClF3N5O7. The lowest BCUT2D eigenvalue weighted by atomic mass is 9.66. The lowest BCUT2D eigenvalue weighted by Crippen LogP contribution is -2.54. The number of alkyl halides is 3. The summed E-state index contributed by atoms with van der Waals surface area (Å²) >= 11 is 6.70. The molecule has 0 spiro atoms. The molecular weight excluding hydrogens is 707 g/mol. The zero-order valence-corrected chi connectivity index (χ0v) is 30.2. The lowest BCUT2D eigenvalue weighted by molar-refractivity contribution is -0.170. The predicted molar refractivity (Wildman–Crippen MR) is 180 cm³/mol. The molecule has 0 bridgehead atoms. The van der Waals surface area contributed by atoms with E-state index in [1.807, 2.05) is 0 Å². The van der Waals surface area contributed by atoms with Gasteiger partial charge < -0.3 is 28.7 Å². The molecule has 12 nitrogen and oxygen atoms in total. The summed E-state index contributed by atoms with van der Waals surface area (Å²) in [5.74, 6) is -0.564. The van der Waals surface area contributed by atoms with E-state index in [2.05, 4.69) is 10.3 Å². The highest BCUT2D eigenvalue weighted by Crippen LogP contribution is 2.48. The smallest absolute Gasteiger partial charge is 0.435 e. The van der Waals surface area contributed by atoms with E-state index in [0.717, 1.165) is 7.05 Å². The summed E-state index contributed by atoms with van der Waals surface area (Å²) in [4.78, 5) is 45.4. The summed E-state index contributed by atoms with van der Waals surface area (Å²) in [6.45, 7) is 1.63. The average Bonchev–Trinajstić information content (AvgIpc) is 3.73. The van der Waals surface area contributed by atoms with Gasteiger partial charge in [0.25, 0.3) is 0 Å². The van der Waals surface area contributed by atoms with E-state index in [9.17, 15) is 27.6 Å². The van der Waals surface area contributed by atoms with Crippen LogP contribution in [0.3, 0.4) is 0 Å². The first kappa shape index (κ1) is 37.2. The zero-order chi connectivity index (χ0) is 37.4. The van der Waals surface area contributed by atoms with Gasteiger partial charge in [-0.15, -0.1) is 5.10 Å². The Bertz CT molecular complexity index is 1850. The number of carbonyl (C=O) groups is 3. The van der Waals surface area contributed by atoms with E-state index in [1.165, 1.54) is 20.3 Å². The Morgan fingerprint density at radius 1 is 1.02 bits per heavy atom. The molecule has 1 saturated heterocycles. The van der Waals surface area contributed by atoms with Crippen LogP contribution in [0.5, 0.6) is 17.2 Å². The monoisotopic (exact) mass is 747 g/mol. The zero-order valence-electron chi connectivity index (χ0n) is 29.4. The fourth-order valence-electron chi connectivity index (χ4n) is 7.72. The number of rotatable bonds is 10. The first-order valence-electron chi connectivity index (χ1n) is 17.2. The highest BCUT2D eigenvalue weighted by molar-refractivity contribution is 6.31. The molecule has 2 fully saturated rings. The summed E-state index contributed by atoms with van der Waals surface area (Å²) < 4.78 is 64.8. The highest BCUT2D eigenvalue weighted by atomic mass is 35.5. The van der Waals surface area contributed by atoms with Gasteiger partial charge >= 0.3 is 12.1 Å². The largest absolute Gasteiger partial charge is 0.497 e. The van der Waals surface area contributed by atoms with E-state index in [0.29, 0.717) is 83.0 Å². The number of hydrogen-bond acceptors (Lipinski definition) is 9. The topological polar surface area (TPSA) is 125 Å². The summed E-state index contributed by atoms with van der Waals surface area (Å²) in [6.07, 6.45) is -2.31. The molecule has 1 aromatic heterocycles. The van der Waals surface area contributed by atoms with Crippen molar-refractivity contribution in [3.63, 3.8) is 0 Å². The number of halogens is 4. The van der Waals surface area contributed by atoms with Crippen molar-refractivity contribution in [2.45, 2.75) is 77.4 Å². The first-order valence-corrected chi connectivity index (χ1v) is 17.5. The van der Waals surface area contributed by atoms with Crippen molar-refractivity contribution >= 4 is 29.4 Å².